The predicted octanol–water partition coefficient (Wildman–Crippen LogP) is 1.22. The highest BCUT2D eigenvalue weighted by molar-refractivity contribution is 7.52. The van der Waals surface area contributed by atoms with E-state index in [9.17, 15) is 9.46 Å². The van der Waals surface area contributed by atoms with Crippen LogP contribution in [0.4, 0.5) is 0 Å². The minimum atomic E-state index is -3.32. The van der Waals surface area contributed by atoms with Gasteiger partial charge in [-0.25, -0.2) is 0 Å². The average molecular weight is 239 g/mol. The Kier molecular flexibility index (Phi) is 9.35. The molecule has 1 unspecified atom stereocenters. The van der Waals surface area contributed by atoms with Crippen molar-refractivity contribution >= 4 is 7.60 Å². The first-order valence-corrected chi connectivity index (χ1v) is 7.04. The van der Waals surface area contributed by atoms with Crippen LogP contribution in [0.15, 0.2) is 0 Å². The van der Waals surface area contributed by atoms with Crippen molar-refractivity contribution in [3.05, 3.63) is 0 Å². The topological polar surface area (TPSA) is 67.8 Å². The van der Waals surface area contributed by atoms with E-state index in [2.05, 4.69) is 5.32 Å². The van der Waals surface area contributed by atoms with Crippen LogP contribution in [-0.4, -0.2) is 44.5 Å². The molecule has 0 aromatic rings. The molecular formula is C9H22NO4P. The zero-order valence-electron chi connectivity index (χ0n) is 9.57. The highest BCUT2D eigenvalue weighted by Gasteiger charge is 2.16. The molecule has 0 aromatic carbocycles. The van der Waals surface area contributed by atoms with Gasteiger partial charge >= 0.3 is 7.60 Å². The lowest BCUT2D eigenvalue weighted by atomic mass is 10.4. The molecule has 0 aliphatic rings. The van der Waals surface area contributed by atoms with Crippen LogP contribution >= 0.6 is 7.60 Å². The minimum Gasteiger partial charge on any atom is -0.385 e. The van der Waals surface area contributed by atoms with Crippen molar-refractivity contribution in [2.75, 3.05) is 39.6 Å². The first-order chi connectivity index (χ1) is 7.12. The zero-order chi connectivity index (χ0) is 11.6. The fraction of sp³-hybridized carbons (Fsp3) is 1.00. The average Bonchev–Trinajstić information content (AvgIpc) is 2.16. The van der Waals surface area contributed by atoms with E-state index in [0.717, 1.165) is 26.1 Å². The molecule has 0 aliphatic carbocycles. The standard InChI is InChI=1S/C9H22NO4P/c1-3-14-15(11,12)9-5-7-10-6-4-8-13-2/h10H,3-9H2,1-2H3,(H,11,12). The smallest absolute Gasteiger partial charge is 0.328 e. The maximum Gasteiger partial charge on any atom is 0.328 e. The summed E-state index contributed by atoms with van der Waals surface area (Å²) in [6.07, 6.45) is 1.83. The molecule has 0 radical (unpaired) electrons. The van der Waals surface area contributed by atoms with Gasteiger partial charge < -0.3 is 19.5 Å². The van der Waals surface area contributed by atoms with Crippen molar-refractivity contribution in [3.63, 3.8) is 0 Å². The highest BCUT2D eigenvalue weighted by Crippen LogP contribution is 2.41. The maximum atomic E-state index is 11.2. The van der Waals surface area contributed by atoms with Crippen molar-refractivity contribution < 1.29 is 18.7 Å². The van der Waals surface area contributed by atoms with E-state index in [1.807, 2.05) is 0 Å². The summed E-state index contributed by atoms with van der Waals surface area (Å²) in [5.41, 5.74) is 0. The van der Waals surface area contributed by atoms with Crippen LogP contribution in [0.25, 0.3) is 0 Å². The third kappa shape index (κ3) is 10.4. The number of rotatable bonds is 10. The molecule has 0 amide bonds. The number of nitrogens with one attached hydrogen (secondary N) is 1. The lowest BCUT2D eigenvalue weighted by molar-refractivity contribution is 0.194. The fourth-order valence-corrected chi connectivity index (χ4v) is 2.23. The number of ether oxygens (including phenoxy) is 1. The first kappa shape index (κ1) is 15.1. The molecule has 0 spiro atoms. The summed E-state index contributed by atoms with van der Waals surface area (Å²) in [6, 6.07) is 0. The van der Waals surface area contributed by atoms with Crippen molar-refractivity contribution in [1.29, 1.82) is 0 Å². The largest absolute Gasteiger partial charge is 0.385 e. The second-order valence-corrected chi connectivity index (χ2v) is 5.21. The normalized spacial score (nSPS) is 15.1. The van der Waals surface area contributed by atoms with Crippen LogP contribution in [0.1, 0.15) is 19.8 Å². The summed E-state index contributed by atoms with van der Waals surface area (Å²) in [6.45, 7) is 4.35. The molecule has 92 valence electrons. The van der Waals surface area contributed by atoms with E-state index in [1.54, 1.807) is 14.0 Å². The number of methoxy groups -OCH3 is 1. The molecule has 0 saturated heterocycles. The third-order valence-electron chi connectivity index (χ3n) is 1.83. The van der Waals surface area contributed by atoms with Gasteiger partial charge in [0.1, 0.15) is 0 Å². The van der Waals surface area contributed by atoms with Gasteiger partial charge in [0.25, 0.3) is 0 Å². The molecule has 0 fully saturated rings. The Morgan fingerprint density at radius 1 is 1.33 bits per heavy atom. The SMILES string of the molecule is CCOP(=O)(O)CCCNCCCOC. The monoisotopic (exact) mass is 239 g/mol. The van der Waals surface area contributed by atoms with Gasteiger partial charge in [0, 0.05) is 13.7 Å². The minimum absolute atomic E-state index is 0.220. The molecule has 0 saturated carbocycles. The highest BCUT2D eigenvalue weighted by atomic mass is 31.2. The Morgan fingerprint density at radius 3 is 2.60 bits per heavy atom. The van der Waals surface area contributed by atoms with Crippen molar-refractivity contribution in [3.8, 4) is 0 Å². The van der Waals surface area contributed by atoms with Gasteiger partial charge in [-0.05, 0) is 32.9 Å². The maximum absolute atomic E-state index is 11.2. The van der Waals surface area contributed by atoms with Gasteiger partial charge in [-0.2, -0.15) is 0 Å². The lowest BCUT2D eigenvalue weighted by Crippen LogP contribution is -2.18. The van der Waals surface area contributed by atoms with Gasteiger partial charge in [0.05, 0.1) is 12.8 Å². The summed E-state index contributed by atoms with van der Waals surface area (Å²) < 4.78 is 20.9. The molecule has 0 aliphatic heterocycles. The molecule has 5 nitrogen and oxygen atoms in total. The molecule has 2 N–H and O–H groups in total. The van der Waals surface area contributed by atoms with Crippen molar-refractivity contribution in [1.82, 2.24) is 5.32 Å². The van der Waals surface area contributed by atoms with Gasteiger partial charge in [-0.15, -0.1) is 0 Å². The molecule has 0 bridgehead atoms. The van der Waals surface area contributed by atoms with Crippen LogP contribution in [0.5, 0.6) is 0 Å². The summed E-state index contributed by atoms with van der Waals surface area (Å²) in [7, 11) is -1.65. The van der Waals surface area contributed by atoms with Crippen LogP contribution in [0.2, 0.25) is 0 Å². The molecule has 15 heavy (non-hydrogen) atoms. The van der Waals surface area contributed by atoms with Gasteiger partial charge in [-0.3, -0.25) is 4.57 Å². The van der Waals surface area contributed by atoms with E-state index < -0.39 is 7.60 Å². The first-order valence-electron chi connectivity index (χ1n) is 5.28. The second-order valence-electron chi connectivity index (χ2n) is 3.23. The fourth-order valence-electron chi connectivity index (χ4n) is 1.14. The molecule has 6 heteroatoms. The summed E-state index contributed by atoms with van der Waals surface area (Å²) in [5, 5.41) is 3.17. The Bertz CT molecular complexity index is 189. The van der Waals surface area contributed by atoms with Gasteiger partial charge in [0.2, 0.25) is 0 Å². The quantitative estimate of drug-likeness (QED) is 0.443. The van der Waals surface area contributed by atoms with E-state index >= 15 is 0 Å². The van der Waals surface area contributed by atoms with Gasteiger partial charge in [0.15, 0.2) is 0 Å². The van der Waals surface area contributed by atoms with E-state index in [0.29, 0.717) is 6.42 Å². The Labute approximate surface area is 91.7 Å². The van der Waals surface area contributed by atoms with Crippen LogP contribution in [0, 0.1) is 0 Å². The van der Waals surface area contributed by atoms with E-state index in [-0.39, 0.29) is 12.8 Å². The van der Waals surface area contributed by atoms with Gasteiger partial charge in [-0.1, -0.05) is 0 Å². The van der Waals surface area contributed by atoms with Crippen LogP contribution < -0.4 is 5.32 Å². The molecule has 0 rings (SSSR count). The second kappa shape index (κ2) is 9.31. The number of hydrogen-bond acceptors (Lipinski definition) is 4. The molecule has 0 heterocycles. The Hall–Kier alpha value is 0.0700. The van der Waals surface area contributed by atoms with Crippen molar-refractivity contribution in [2.24, 2.45) is 0 Å². The lowest BCUT2D eigenvalue weighted by Gasteiger charge is -2.10. The Morgan fingerprint density at radius 2 is 2.00 bits per heavy atom. The van der Waals surface area contributed by atoms with E-state index in [1.165, 1.54) is 0 Å². The van der Waals surface area contributed by atoms with Crippen LogP contribution in [0.3, 0.4) is 0 Å². The van der Waals surface area contributed by atoms with Crippen molar-refractivity contribution in [2.45, 2.75) is 19.8 Å². The predicted molar refractivity (Wildman–Crippen MR) is 60.3 cm³/mol. The third-order valence-corrected chi connectivity index (χ3v) is 3.37. The molecular weight excluding hydrogens is 217 g/mol. The van der Waals surface area contributed by atoms with E-state index in [4.69, 9.17) is 9.26 Å². The summed E-state index contributed by atoms with van der Waals surface area (Å²) >= 11 is 0. The summed E-state index contributed by atoms with van der Waals surface area (Å²) in [5.74, 6) is 0. The summed E-state index contributed by atoms with van der Waals surface area (Å²) in [4.78, 5) is 9.24. The Balaban J connectivity index is 3.26. The van der Waals surface area contributed by atoms with Crippen LogP contribution in [-0.2, 0) is 13.8 Å². The molecule has 0 aromatic heterocycles. The molecule has 1 atom stereocenters. The zero-order valence-corrected chi connectivity index (χ0v) is 10.5. The number of hydrogen-bond donors (Lipinski definition) is 2.